The van der Waals surface area contributed by atoms with Gasteiger partial charge in [-0.2, -0.15) is 0 Å². The predicted octanol–water partition coefficient (Wildman–Crippen LogP) is -0.968. The van der Waals surface area contributed by atoms with Crippen LogP contribution in [0, 0.1) is 11.6 Å². The third-order valence-electron chi connectivity index (χ3n) is 1.62. The molecule has 8 heteroatoms. The molecule has 15 heavy (non-hydrogen) atoms. The number of ether oxygens (including phenoxy) is 1. The van der Waals surface area contributed by atoms with Crippen LogP contribution in [0.1, 0.15) is 0 Å². The van der Waals surface area contributed by atoms with E-state index in [0.29, 0.717) is 12.1 Å². The van der Waals surface area contributed by atoms with Crippen molar-refractivity contribution in [3.05, 3.63) is 23.8 Å². The fourth-order valence-corrected chi connectivity index (χ4v) is 0.940. The van der Waals surface area contributed by atoms with Crippen LogP contribution in [-0.2, 0) is 0 Å². The molecule has 0 aliphatic heterocycles. The van der Waals surface area contributed by atoms with Gasteiger partial charge >= 0.3 is 58.4 Å². The van der Waals surface area contributed by atoms with Gasteiger partial charge in [0.2, 0.25) is 0 Å². The van der Waals surface area contributed by atoms with Gasteiger partial charge in [-0.1, -0.05) is 5.46 Å². The van der Waals surface area contributed by atoms with E-state index in [0.717, 1.165) is 7.11 Å². The molecule has 0 heterocycles. The van der Waals surface area contributed by atoms with Crippen molar-refractivity contribution < 1.29 is 77.8 Å². The fraction of sp³-hybridized carbons (Fsp3) is 0.143. The summed E-state index contributed by atoms with van der Waals surface area (Å²) < 4.78 is 66.1. The molecule has 0 fully saturated rings. The molecule has 78 valence electrons. The second kappa shape index (κ2) is 5.63. The zero-order valence-corrected chi connectivity index (χ0v) is 11.2. The largest absolute Gasteiger partial charge is 1.00 e. The average molecular weight is 250 g/mol. The number of hydrogen-bond donors (Lipinski definition) is 0. The Morgan fingerprint density at radius 3 is 2.07 bits per heavy atom. The third-order valence-corrected chi connectivity index (χ3v) is 1.62. The van der Waals surface area contributed by atoms with Crippen LogP contribution >= 0.6 is 0 Å². The molecule has 1 aromatic rings. The molecule has 0 atom stereocenters. The molecule has 0 aromatic heterocycles. The monoisotopic (exact) mass is 250 g/mol. The van der Waals surface area contributed by atoms with Crippen LogP contribution in [0.4, 0.5) is 21.7 Å². The van der Waals surface area contributed by atoms with Crippen LogP contribution < -0.4 is 61.6 Å². The van der Waals surface area contributed by atoms with E-state index in [4.69, 9.17) is 0 Å². The van der Waals surface area contributed by atoms with Gasteiger partial charge in [0.05, 0.1) is 7.11 Å². The molecular weight excluding hydrogens is 245 g/mol. The van der Waals surface area contributed by atoms with Crippen molar-refractivity contribution in [2.45, 2.75) is 0 Å². The molecule has 0 spiro atoms. The molecule has 0 radical (unpaired) electrons. The summed E-state index contributed by atoms with van der Waals surface area (Å²) in [5.41, 5.74) is -1.61. The van der Waals surface area contributed by atoms with Gasteiger partial charge in [0.15, 0.2) is 5.82 Å². The van der Waals surface area contributed by atoms with Crippen molar-refractivity contribution in [3.8, 4) is 5.75 Å². The van der Waals surface area contributed by atoms with Crippen LogP contribution in [0.3, 0.4) is 0 Å². The van der Waals surface area contributed by atoms with Crippen LogP contribution in [0.5, 0.6) is 5.75 Å². The summed E-state index contributed by atoms with van der Waals surface area (Å²) in [6.07, 6.45) is 0. The second-order valence-electron chi connectivity index (χ2n) is 2.59. The van der Waals surface area contributed by atoms with Gasteiger partial charge in [-0.3, -0.25) is 0 Å². The zero-order valence-electron chi connectivity index (χ0n) is 8.03. The number of benzene rings is 1. The van der Waals surface area contributed by atoms with E-state index >= 15 is 0 Å². The minimum absolute atomic E-state index is 0. The van der Waals surface area contributed by atoms with Crippen LogP contribution in [0.15, 0.2) is 12.1 Å². The molecule has 0 amide bonds. The first-order valence-electron chi connectivity index (χ1n) is 3.59. The molecular formula is C7H5BF5KO. The zero-order chi connectivity index (χ0) is 10.9. The first-order valence-corrected chi connectivity index (χ1v) is 3.59. The molecule has 1 nitrogen and oxygen atoms in total. The Kier molecular flexibility index (Phi) is 5.77. The fourth-order valence-electron chi connectivity index (χ4n) is 0.940. The average Bonchev–Trinajstić information content (AvgIpc) is 2.07. The number of hydrogen-bond acceptors (Lipinski definition) is 1. The number of rotatable bonds is 2. The Labute approximate surface area is 125 Å². The van der Waals surface area contributed by atoms with Crippen LogP contribution in [0.25, 0.3) is 0 Å². The predicted molar refractivity (Wildman–Crippen MR) is 41.6 cm³/mol. The molecule has 0 saturated heterocycles. The topological polar surface area (TPSA) is 9.23 Å². The van der Waals surface area contributed by atoms with E-state index in [1.807, 2.05) is 0 Å². The van der Waals surface area contributed by atoms with Crippen molar-refractivity contribution in [2.75, 3.05) is 7.11 Å². The molecule has 0 unspecified atom stereocenters. The Hall–Kier alpha value is 0.371. The molecule has 0 N–H and O–H groups in total. The Balaban J connectivity index is 0.00000196. The summed E-state index contributed by atoms with van der Waals surface area (Å²) >= 11 is 0. The van der Waals surface area contributed by atoms with Gasteiger partial charge in [-0.15, -0.1) is 0 Å². The van der Waals surface area contributed by atoms with Gasteiger partial charge < -0.3 is 17.7 Å². The molecule has 0 aliphatic carbocycles. The van der Waals surface area contributed by atoms with E-state index in [2.05, 4.69) is 4.74 Å². The summed E-state index contributed by atoms with van der Waals surface area (Å²) in [6.45, 7) is -5.57. The summed E-state index contributed by atoms with van der Waals surface area (Å²) in [6, 6.07) is 0.985. The van der Waals surface area contributed by atoms with Crippen molar-refractivity contribution in [3.63, 3.8) is 0 Å². The summed E-state index contributed by atoms with van der Waals surface area (Å²) in [5, 5.41) is 0. The molecule has 0 aliphatic rings. The van der Waals surface area contributed by atoms with Gasteiger partial charge in [0.25, 0.3) is 0 Å². The third kappa shape index (κ3) is 3.70. The number of methoxy groups -OCH3 is 1. The second-order valence-corrected chi connectivity index (χ2v) is 2.59. The van der Waals surface area contributed by atoms with Gasteiger partial charge in [0, 0.05) is 6.07 Å². The van der Waals surface area contributed by atoms with Gasteiger partial charge in [0.1, 0.15) is 11.6 Å². The van der Waals surface area contributed by atoms with E-state index in [1.54, 1.807) is 0 Å². The van der Waals surface area contributed by atoms with Crippen molar-refractivity contribution in [2.24, 2.45) is 0 Å². The molecule has 1 aromatic carbocycles. The Morgan fingerprint density at radius 1 is 1.13 bits per heavy atom. The quantitative estimate of drug-likeness (QED) is 0.485. The SMILES string of the molecule is COc1cc(F)c(F)c([B-](F)(F)F)c1.[K+]. The maximum Gasteiger partial charge on any atom is 1.00 e. The summed E-state index contributed by atoms with van der Waals surface area (Å²) in [5.74, 6) is -3.82. The first-order chi connectivity index (χ1) is 6.36. The molecule has 0 saturated carbocycles. The molecule has 0 bridgehead atoms. The van der Waals surface area contributed by atoms with Crippen LogP contribution in [0.2, 0.25) is 0 Å². The van der Waals surface area contributed by atoms with E-state index < -0.39 is 24.1 Å². The van der Waals surface area contributed by atoms with E-state index in [-0.39, 0.29) is 57.1 Å². The number of halogens is 5. The van der Waals surface area contributed by atoms with Crippen LogP contribution in [-0.4, -0.2) is 14.1 Å². The van der Waals surface area contributed by atoms with Gasteiger partial charge in [-0.25, -0.2) is 8.78 Å². The van der Waals surface area contributed by atoms with Gasteiger partial charge in [-0.05, 0) is 6.07 Å². The smallest absolute Gasteiger partial charge is 0.497 e. The van der Waals surface area contributed by atoms with E-state index in [9.17, 15) is 21.7 Å². The summed E-state index contributed by atoms with van der Waals surface area (Å²) in [4.78, 5) is 0. The standard InChI is InChI=1S/C7H5BF5O.K/c1-14-4-2-5(8(11,12)13)7(10)6(9)3-4;/h2-3H,1H3;/q-1;+1. The maximum atomic E-state index is 12.7. The summed E-state index contributed by atoms with van der Waals surface area (Å²) in [7, 11) is 1.07. The van der Waals surface area contributed by atoms with Crippen molar-refractivity contribution in [1.82, 2.24) is 0 Å². The van der Waals surface area contributed by atoms with E-state index in [1.165, 1.54) is 0 Å². The van der Waals surface area contributed by atoms with Crippen molar-refractivity contribution >= 4 is 12.4 Å². The Morgan fingerprint density at radius 2 is 1.67 bits per heavy atom. The Bertz CT molecular complexity index is 354. The first kappa shape index (κ1) is 15.4. The minimum atomic E-state index is -5.57. The minimum Gasteiger partial charge on any atom is -0.497 e. The molecule has 1 rings (SSSR count). The van der Waals surface area contributed by atoms with Crippen molar-refractivity contribution in [1.29, 1.82) is 0 Å². The normalized spacial score (nSPS) is 10.8. The maximum absolute atomic E-state index is 12.7.